The largest absolute Gasteiger partial charge is 0.346 e. The molecule has 1 saturated heterocycles. The highest BCUT2D eigenvalue weighted by Gasteiger charge is 2.23. The smallest absolute Gasteiger partial charge is 0.291 e. The van der Waals surface area contributed by atoms with E-state index in [1.807, 2.05) is 0 Å². The van der Waals surface area contributed by atoms with Crippen molar-refractivity contribution >= 4 is 29.1 Å². The summed E-state index contributed by atoms with van der Waals surface area (Å²) in [5.41, 5.74) is 0.528. The first-order valence-corrected chi connectivity index (χ1v) is 8.63. The Kier molecular flexibility index (Phi) is 5.08. The fourth-order valence-electron chi connectivity index (χ4n) is 2.90. The maximum Gasteiger partial charge on any atom is 0.291 e. The average Bonchev–Trinajstić information content (AvgIpc) is 2.89. The molecule has 2 atom stereocenters. The molecule has 3 rings (SSSR count). The lowest BCUT2D eigenvalue weighted by atomic mass is 10.0. The van der Waals surface area contributed by atoms with E-state index < -0.39 is 0 Å². The summed E-state index contributed by atoms with van der Waals surface area (Å²) in [7, 11) is 0. The van der Waals surface area contributed by atoms with Gasteiger partial charge in [0.25, 0.3) is 5.91 Å². The summed E-state index contributed by atoms with van der Waals surface area (Å²) in [6.07, 6.45) is 1.79. The number of carbonyl (C=O) groups excluding carboxylic acids is 1. The van der Waals surface area contributed by atoms with Crippen LogP contribution >= 0.6 is 23.2 Å². The normalized spacial score (nSPS) is 20.8. The Bertz CT molecular complexity index is 741. The molecule has 0 spiro atoms. The van der Waals surface area contributed by atoms with E-state index >= 15 is 0 Å². The van der Waals surface area contributed by atoms with Crippen LogP contribution in [0.5, 0.6) is 0 Å². The Labute approximate surface area is 150 Å². The number of piperidine rings is 1. The van der Waals surface area contributed by atoms with Gasteiger partial charge in [0.05, 0.1) is 10.0 Å². The molecule has 0 aliphatic carbocycles. The Balaban J connectivity index is 1.82. The highest BCUT2D eigenvalue weighted by atomic mass is 35.5. The number of halogens is 2. The zero-order valence-corrected chi connectivity index (χ0v) is 15.0. The van der Waals surface area contributed by atoms with Crippen molar-refractivity contribution in [1.29, 1.82) is 0 Å². The highest BCUT2D eigenvalue weighted by Crippen LogP contribution is 2.28. The van der Waals surface area contributed by atoms with E-state index in [1.54, 1.807) is 25.1 Å². The topological polar surface area (TPSA) is 71.8 Å². The van der Waals surface area contributed by atoms with Gasteiger partial charge in [-0.15, -0.1) is 5.10 Å². The van der Waals surface area contributed by atoms with Crippen LogP contribution in [0.1, 0.15) is 36.2 Å². The molecule has 1 fully saturated rings. The number of benzene rings is 1. The van der Waals surface area contributed by atoms with Crippen molar-refractivity contribution in [1.82, 2.24) is 25.4 Å². The number of aryl methyl sites for hydroxylation is 1. The molecule has 128 valence electrons. The maximum atomic E-state index is 12.5. The van der Waals surface area contributed by atoms with Crippen molar-refractivity contribution in [3.05, 3.63) is 39.9 Å². The number of nitrogens with one attached hydrogen (secondary N) is 2. The predicted molar refractivity (Wildman–Crippen MR) is 94.1 cm³/mol. The monoisotopic (exact) mass is 367 g/mol. The van der Waals surface area contributed by atoms with Gasteiger partial charge in [-0.2, -0.15) is 0 Å². The summed E-state index contributed by atoms with van der Waals surface area (Å²) in [4.78, 5) is 16.7. The fraction of sp³-hybridized carbons (Fsp3) is 0.438. The molecule has 1 amide bonds. The van der Waals surface area contributed by atoms with Gasteiger partial charge in [-0.1, -0.05) is 29.3 Å². The first kappa shape index (κ1) is 17.2. The molecule has 1 aromatic carbocycles. The van der Waals surface area contributed by atoms with Crippen LogP contribution in [-0.2, 0) is 0 Å². The molecule has 0 bridgehead atoms. The van der Waals surface area contributed by atoms with Crippen molar-refractivity contribution < 1.29 is 4.79 Å². The lowest BCUT2D eigenvalue weighted by Gasteiger charge is -2.28. The van der Waals surface area contributed by atoms with Crippen LogP contribution in [0, 0.1) is 6.92 Å². The van der Waals surface area contributed by atoms with Crippen molar-refractivity contribution in [2.45, 2.75) is 38.8 Å². The molecule has 2 N–H and O–H groups in total. The molecular weight excluding hydrogens is 349 g/mol. The zero-order valence-electron chi connectivity index (χ0n) is 13.5. The number of amides is 1. The second-order valence-electron chi connectivity index (χ2n) is 6.01. The Morgan fingerprint density at radius 3 is 2.75 bits per heavy atom. The van der Waals surface area contributed by atoms with Gasteiger partial charge in [-0.3, -0.25) is 4.79 Å². The van der Waals surface area contributed by atoms with E-state index in [2.05, 4.69) is 27.6 Å². The third kappa shape index (κ3) is 3.55. The zero-order chi connectivity index (χ0) is 17.3. The summed E-state index contributed by atoms with van der Waals surface area (Å²) >= 11 is 12.4. The molecule has 2 heterocycles. The molecule has 8 heteroatoms. The predicted octanol–water partition coefficient (Wildman–Crippen LogP) is 2.75. The lowest BCUT2D eigenvalue weighted by molar-refractivity contribution is 0.0915. The van der Waals surface area contributed by atoms with E-state index in [9.17, 15) is 4.79 Å². The van der Waals surface area contributed by atoms with Crippen LogP contribution in [0.4, 0.5) is 0 Å². The number of hydrogen-bond donors (Lipinski definition) is 2. The van der Waals surface area contributed by atoms with Crippen LogP contribution in [0.15, 0.2) is 18.2 Å². The van der Waals surface area contributed by atoms with E-state index in [0.29, 0.717) is 27.6 Å². The molecular formula is C16H19Cl2N5O. The van der Waals surface area contributed by atoms with Gasteiger partial charge in [-0.25, -0.2) is 9.67 Å². The standard InChI is InChI=1S/C16H19Cl2N5O/c1-9-8-11(6-7-19-9)21-16(24)15-20-10(2)23(22-15)14-12(17)4-3-5-13(14)18/h3-5,9,11,19H,6-8H2,1-2H3,(H,21,24). The van der Waals surface area contributed by atoms with E-state index in [-0.39, 0.29) is 17.8 Å². The quantitative estimate of drug-likeness (QED) is 0.874. The molecule has 6 nitrogen and oxygen atoms in total. The van der Waals surface area contributed by atoms with Crippen LogP contribution in [0.3, 0.4) is 0 Å². The van der Waals surface area contributed by atoms with Gasteiger partial charge in [-0.05, 0) is 45.4 Å². The molecule has 2 unspecified atom stereocenters. The number of nitrogens with zero attached hydrogens (tertiary/aromatic N) is 3. The summed E-state index contributed by atoms with van der Waals surface area (Å²) < 4.78 is 1.50. The van der Waals surface area contributed by atoms with Crippen molar-refractivity contribution in [2.24, 2.45) is 0 Å². The van der Waals surface area contributed by atoms with Gasteiger partial charge >= 0.3 is 0 Å². The molecule has 2 aromatic rings. The molecule has 0 saturated carbocycles. The van der Waals surface area contributed by atoms with Gasteiger partial charge in [0.1, 0.15) is 11.5 Å². The van der Waals surface area contributed by atoms with Crippen LogP contribution in [0.2, 0.25) is 10.0 Å². The number of hydrogen-bond acceptors (Lipinski definition) is 4. The van der Waals surface area contributed by atoms with Crippen molar-refractivity contribution in [2.75, 3.05) is 6.54 Å². The second-order valence-corrected chi connectivity index (χ2v) is 6.83. The Morgan fingerprint density at radius 2 is 2.08 bits per heavy atom. The number of carbonyl (C=O) groups is 1. The highest BCUT2D eigenvalue weighted by molar-refractivity contribution is 6.37. The minimum absolute atomic E-state index is 0.120. The summed E-state index contributed by atoms with van der Waals surface area (Å²) in [6.45, 7) is 4.76. The van der Waals surface area contributed by atoms with Gasteiger partial charge in [0, 0.05) is 12.1 Å². The summed E-state index contributed by atoms with van der Waals surface area (Å²) in [5.74, 6) is 0.391. The Hall–Kier alpha value is -1.63. The number of aromatic nitrogens is 3. The molecule has 24 heavy (non-hydrogen) atoms. The third-order valence-corrected chi connectivity index (χ3v) is 4.69. The fourth-order valence-corrected chi connectivity index (χ4v) is 3.46. The Morgan fingerprint density at radius 1 is 1.38 bits per heavy atom. The van der Waals surface area contributed by atoms with Crippen LogP contribution in [0.25, 0.3) is 5.69 Å². The minimum atomic E-state index is -0.279. The van der Waals surface area contributed by atoms with E-state index in [1.165, 1.54) is 4.68 Å². The summed E-state index contributed by atoms with van der Waals surface area (Å²) in [5, 5.41) is 11.6. The van der Waals surface area contributed by atoms with Crippen LogP contribution < -0.4 is 10.6 Å². The van der Waals surface area contributed by atoms with Crippen molar-refractivity contribution in [3.63, 3.8) is 0 Å². The first-order valence-electron chi connectivity index (χ1n) is 7.88. The molecule has 1 aromatic heterocycles. The van der Waals surface area contributed by atoms with Gasteiger partial charge < -0.3 is 10.6 Å². The molecule has 0 radical (unpaired) electrons. The number of para-hydroxylation sites is 1. The lowest BCUT2D eigenvalue weighted by Crippen LogP contribution is -2.46. The van der Waals surface area contributed by atoms with Crippen molar-refractivity contribution in [3.8, 4) is 5.69 Å². The minimum Gasteiger partial charge on any atom is -0.346 e. The SMILES string of the molecule is Cc1nc(C(=O)NC2CCNC(C)C2)nn1-c1c(Cl)cccc1Cl. The maximum absolute atomic E-state index is 12.5. The molecule has 1 aliphatic rings. The van der Waals surface area contributed by atoms with E-state index in [4.69, 9.17) is 23.2 Å². The summed E-state index contributed by atoms with van der Waals surface area (Å²) in [6, 6.07) is 5.72. The third-order valence-electron chi connectivity index (χ3n) is 4.08. The van der Waals surface area contributed by atoms with Gasteiger partial charge in [0.2, 0.25) is 5.82 Å². The molecule has 1 aliphatic heterocycles. The average molecular weight is 368 g/mol. The number of rotatable bonds is 3. The second kappa shape index (κ2) is 7.09. The van der Waals surface area contributed by atoms with Crippen LogP contribution in [-0.4, -0.2) is 39.3 Å². The first-order chi connectivity index (χ1) is 11.5. The van der Waals surface area contributed by atoms with Gasteiger partial charge in [0.15, 0.2) is 0 Å². The van der Waals surface area contributed by atoms with E-state index in [0.717, 1.165) is 19.4 Å².